The summed E-state index contributed by atoms with van der Waals surface area (Å²) >= 11 is 13.3. The predicted molar refractivity (Wildman–Crippen MR) is 188 cm³/mol. The molecule has 2 aromatic rings. The summed E-state index contributed by atoms with van der Waals surface area (Å²) in [6.07, 6.45) is 11.7. The van der Waals surface area contributed by atoms with Crippen molar-refractivity contribution in [3.63, 3.8) is 0 Å². The van der Waals surface area contributed by atoms with Gasteiger partial charge >= 0.3 is 0 Å². The number of hydrogen-bond donors (Lipinski definition) is 4. The number of halogens is 2. The lowest BCUT2D eigenvalue weighted by Gasteiger charge is -2.30. The molecule has 4 rings (SSSR count). The van der Waals surface area contributed by atoms with Gasteiger partial charge in [0.25, 0.3) is 11.8 Å². The number of methoxy groups -OCH3 is 1. The van der Waals surface area contributed by atoms with Crippen molar-refractivity contribution in [3.8, 4) is 11.1 Å². The van der Waals surface area contributed by atoms with Gasteiger partial charge in [-0.15, -0.1) is 0 Å². The Kier molecular flexibility index (Phi) is 14.2. The molecule has 2 unspecified atom stereocenters. The highest BCUT2D eigenvalue weighted by Gasteiger charge is 2.31. The van der Waals surface area contributed by atoms with E-state index in [9.17, 15) is 9.59 Å². The predicted octanol–water partition coefficient (Wildman–Crippen LogP) is 7.94. The van der Waals surface area contributed by atoms with Gasteiger partial charge < -0.3 is 31.6 Å². The van der Waals surface area contributed by atoms with Crippen molar-refractivity contribution in [2.75, 3.05) is 17.7 Å². The summed E-state index contributed by atoms with van der Waals surface area (Å²) in [4.78, 5) is 26.7. The lowest BCUT2D eigenvalue weighted by Crippen LogP contribution is -2.47. The van der Waals surface area contributed by atoms with Crippen LogP contribution in [0.4, 0.5) is 11.4 Å². The number of carbonyl (C=O) groups excluding carboxylic acids is 2. The topological polar surface area (TPSA) is 129 Å². The minimum absolute atomic E-state index is 0.167. The molecule has 4 atom stereocenters. The molecule has 6 N–H and O–H groups in total. The molecule has 0 spiro atoms. The summed E-state index contributed by atoms with van der Waals surface area (Å²) in [6.45, 7) is 3.80. The van der Waals surface area contributed by atoms with Crippen LogP contribution in [0.25, 0.3) is 11.1 Å². The van der Waals surface area contributed by atoms with E-state index in [0.29, 0.717) is 38.8 Å². The zero-order valence-corrected chi connectivity index (χ0v) is 29.0. The van der Waals surface area contributed by atoms with E-state index in [2.05, 4.69) is 10.6 Å². The second-order valence-corrected chi connectivity index (χ2v) is 14.3. The third-order valence-corrected chi connectivity index (χ3v) is 10.0. The molecule has 0 radical (unpaired) electrons. The van der Waals surface area contributed by atoms with Gasteiger partial charge in [0.05, 0.1) is 21.8 Å². The quantitative estimate of drug-likeness (QED) is 0.161. The lowest BCUT2D eigenvalue weighted by molar-refractivity contribution is -0.132. The molecular formula is C36H52Cl2N4O4. The molecule has 46 heavy (non-hydrogen) atoms. The van der Waals surface area contributed by atoms with Crippen LogP contribution in [0.3, 0.4) is 0 Å². The van der Waals surface area contributed by atoms with Crippen molar-refractivity contribution in [2.45, 2.75) is 121 Å². The van der Waals surface area contributed by atoms with Gasteiger partial charge in [0.15, 0.2) is 12.2 Å². The van der Waals surface area contributed by atoms with Gasteiger partial charge in [-0.05, 0) is 68.4 Å². The number of benzene rings is 2. The summed E-state index contributed by atoms with van der Waals surface area (Å²) in [5.74, 6) is 0.416. The molecular weight excluding hydrogens is 623 g/mol. The normalized spacial score (nSPS) is 19.0. The number of nitrogens with two attached hydrogens (primary N) is 2. The average molecular weight is 676 g/mol. The highest BCUT2D eigenvalue weighted by molar-refractivity contribution is 6.35. The summed E-state index contributed by atoms with van der Waals surface area (Å²) in [5, 5.41) is 6.68. The van der Waals surface area contributed by atoms with Crippen molar-refractivity contribution >= 4 is 46.4 Å². The summed E-state index contributed by atoms with van der Waals surface area (Å²) < 4.78 is 11.6. The molecule has 0 aliphatic heterocycles. The van der Waals surface area contributed by atoms with E-state index in [4.69, 9.17) is 44.1 Å². The van der Waals surface area contributed by atoms with Crippen LogP contribution in [-0.4, -0.2) is 49.3 Å². The van der Waals surface area contributed by atoms with Crippen molar-refractivity contribution in [1.82, 2.24) is 0 Å². The highest BCUT2D eigenvalue weighted by atomic mass is 35.5. The van der Waals surface area contributed by atoms with E-state index in [1.54, 1.807) is 24.3 Å². The Morgan fingerprint density at radius 3 is 1.89 bits per heavy atom. The molecule has 2 saturated carbocycles. The maximum absolute atomic E-state index is 13.5. The zero-order chi connectivity index (χ0) is 33.2. The van der Waals surface area contributed by atoms with Crippen LogP contribution in [0.2, 0.25) is 10.0 Å². The van der Waals surface area contributed by atoms with Crippen molar-refractivity contribution < 1.29 is 19.1 Å². The SMILES string of the molecule is COC(C(=O)Nc1ccc(-c2ccc(Cl)c(NC(=O)C(OC(C)C)[C@H](N)CC3CCCCC3)c2)c(Cl)c1)[C@H](N)CC1CCCCC1. The molecule has 2 aromatic carbocycles. The number of hydrogen-bond acceptors (Lipinski definition) is 6. The molecule has 8 nitrogen and oxygen atoms in total. The average Bonchev–Trinajstić information content (AvgIpc) is 3.02. The standard InChI is InChI=1S/C36H52Cl2N4O4/c1-22(2)46-34(31(40)19-24-12-8-5-9-13-24)36(44)42-32-20-25(14-17-28(32)37)27-16-15-26(21-29(27)38)41-35(43)33(45-3)30(39)18-23-10-6-4-7-11-23/h14-17,20-24,30-31,33-34H,4-13,18-19,39-40H2,1-3H3,(H,41,43)(H,42,44)/t30-,31-,33?,34?/m1/s1. The Morgan fingerprint density at radius 2 is 1.35 bits per heavy atom. The molecule has 2 aliphatic rings. The van der Waals surface area contributed by atoms with Crippen molar-refractivity contribution in [2.24, 2.45) is 23.3 Å². The lowest BCUT2D eigenvalue weighted by atomic mass is 9.84. The maximum Gasteiger partial charge on any atom is 0.255 e. The first-order chi connectivity index (χ1) is 22.0. The summed E-state index contributed by atoms with van der Waals surface area (Å²) in [7, 11) is 1.51. The third kappa shape index (κ3) is 10.4. The number of ether oxygens (including phenoxy) is 2. The Morgan fingerprint density at radius 1 is 0.783 bits per heavy atom. The number of carbonyl (C=O) groups is 2. The van der Waals surface area contributed by atoms with E-state index >= 15 is 0 Å². The number of nitrogens with one attached hydrogen (secondary N) is 2. The number of amides is 2. The second-order valence-electron chi connectivity index (χ2n) is 13.4. The Balaban J connectivity index is 1.43. The van der Waals surface area contributed by atoms with Gasteiger partial charge in [-0.2, -0.15) is 0 Å². The first-order valence-corrected chi connectivity index (χ1v) is 17.7. The fourth-order valence-electron chi connectivity index (χ4n) is 7.02. The van der Waals surface area contributed by atoms with Crippen molar-refractivity contribution in [1.29, 1.82) is 0 Å². The van der Waals surface area contributed by atoms with E-state index in [-0.39, 0.29) is 17.9 Å². The number of anilines is 2. The van der Waals surface area contributed by atoms with Crippen LogP contribution in [-0.2, 0) is 19.1 Å². The van der Waals surface area contributed by atoms with E-state index < -0.39 is 24.3 Å². The monoisotopic (exact) mass is 674 g/mol. The fraction of sp³-hybridized carbons (Fsp3) is 0.611. The van der Waals surface area contributed by atoms with Gasteiger partial charge in [0.1, 0.15) is 0 Å². The molecule has 0 bridgehead atoms. The first kappa shape index (κ1) is 36.6. The largest absolute Gasteiger partial charge is 0.370 e. The molecule has 0 heterocycles. The number of rotatable bonds is 14. The Hall–Kier alpha value is -2.20. The van der Waals surface area contributed by atoms with E-state index in [0.717, 1.165) is 44.1 Å². The molecule has 2 aliphatic carbocycles. The van der Waals surface area contributed by atoms with Crippen LogP contribution in [0.15, 0.2) is 36.4 Å². The maximum atomic E-state index is 13.5. The molecule has 10 heteroatoms. The van der Waals surface area contributed by atoms with E-state index in [1.807, 2.05) is 26.0 Å². The Bertz CT molecular complexity index is 1300. The van der Waals surface area contributed by atoms with Gasteiger partial charge in [-0.3, -0.25) is 9.59 Å². The molecule has 2 fully saturated rings. The zero-order valence-electron chi connectivity index (χ0n) is 27.5. The van der Waals surface area contributed by atoms with Crippen LogP contribution < -0.4 is 22.1 Å². The molecule has 0 aromatic heterocycles. The van der Waals surface area contributed by atoms with Gasteiger partial charge in [0.2, 0.25) is 0 Å². The van der Waals surface area contributed by atoms with Crippen LogP contribution in [0.5, 0.6) is 0 Å². The van der Waals surface area contributed by atoms with Crippen LogP contribution >= 0.6 is 23.2 Å². The van der Waals surface area contributed by atoms with Gasteiger partial charge in [0, 0.05) is 30.4 Å². The minimum atomic E-state index is -0.806. The van der Waals surface area contributed by atoms with Gasteiger partial charge in [-0.1, -0.05) is 99.5 Å². The molecule has 0 saturated heterocycles. The Labute approximate surface area is 284 Å². The smallest absolute Gasteiger partial charge is 0.255 e. The van der Waals surface area contributed by atoms with Crippen LogP contribution in [0.1, 0.15) is 90.9 Å². The van der Waals surface area contributed by atoms with Crippen molar-refractivity contribution in [3.05, 3.63) is 46.4 Å². The fourth-order valence-corrected chi connectivity index (χ4v) is 7.48. The van der Waals surface area contributed by atoms with Crippen LogP contribution in [0, 0.1) is 11.8 Å². The first-order valence-electron chi connectivity index (χ1n) is 17.0. The summed E-state index contributed by atoms with van der Waals surface area (Å²) in [5.41, 5.74) is 15.5. The summed E-state index contributed by atoms with van der Waals surface area (Å²) in [6, 6.07) is 9.81. The van der Waals surface area contributed by atoms with E-state index in [1.165, 1.54) is 45.6 Å². The highest BCUT2D eigenvalue weighted by Crippen LogP contribution is 2.35. The minimum Gasteiger partial charge on any atom is -0.370 e. The third-order valence-electron chi connectivity index (χ3n) is 9.40. The second kappa shape index (κ2) is 17.8. The molecule has 2 amide bonds. The van der Waals surface area contributed by atoms with Gasteiger partial charge in [-0.25, -0.2) is 0 Å². The molecule has 254 valence electrons.